The van der Waals surface area contributed by atoms with Gasteiger partial charge in [0.1, 0.15) is 5.75 Å². The van der Waals surface area contributed by atoms with Crippen LogP contribution in [-0.2, 0) is 0 Å². The topological polar surface area (TPSA) is 49.5 Å². The molecule has 3 nitrogen and oxygen atoms in total. The molecule has 0 spiro atoms. The van der Waals surface area contributed by atoms with Crippen molar-refractivity contribution in [1.82, 2.24) is 4.90 Å². The standard InChI is InChI=1S/C14H22N2O/c15-11-13(12-7-3-4-8-14(12)17)16-9-5-1-2-6-10-16/h3-4,7-8,13,17H,1-2,5-6,9-11,15H2. The van der Waals surface area contributed by atoms with Crippen LogP contribution < -0.4 is 5.73 Å². The maximum atomic E-state index is 9.93. The summed E-state index contributed by atoms with van der Waals surface area (Å²) in [6.45, 7) is 2.75. The Balaban J connectivity index is 2.17. The SMILES string of the molecule is NCC(c1ccccc1O)N1CCCCCC1. The molecule has 1 aliphatic heterocycles. The minimum absolute atomic E-state index is 0.161. The molecule has 1 fully saturated rings. The zero-order valence-corrected chi connectivity index (χ0v) is 10.3. The number of hydrogen-bond donors (Lipinski definition) is 2. The van der Waals surface area contributed by atoms with Crippen molar-refractivity contribution in [2.75, 3.05) is 19.6 Å². The molecule has 0 radical (unpaired) electrons. The molecule has 1 atom stereocenters. The number of nitrogens with zero attached hydrogens (tertiary/aromatic N) is 1. The van der Waals surface area contributed by atoms with Crippen LogP contribution in [0.1, 0.15) is 37.3 Å². The Labute approximate surface area is 103 Å². The largest absolute Gasteiger partial charge is 0.508 e. The van der Waals surface area contributed by atoms with Crippen LogP contribution in [0.25, 0.3) is 0 Å². The monoisotopic (exact) mass is 234 g/mol. The number of para-hydroxylation sites is 1. The fourth-order valence-electron chi connectivity index (χ4n) is 2.65. The third kappa shape index (κ3) is 2.99. The Kier molecular flexibility index (Phi) is 4.40. The molecule has 3 heteroatoms. The summed E-state index contributed by atoms with van der Waals surface area (Å²) in [7, 11) is 0. The number of phenolic OH excluding ortho intramolecular Hbond substituents is 1. The molecule has 0 aromatic heterocycles. The van der Waals surface area contributed by atoms with E-state index in [4.69, 9.17) is 5.73 Å². The van der Waals surface area contributed by atoms with E-state index < -0.39 is 0 Å². The second kappa shape index (κ2) is 6.03. The first kappa shape index (κ1) is 12.4. The molecular formula is C14H22N2O. The van der Waals surface area contributed by atoms with E-state index in [1.807, 2.05) is 18.2 Å². The van der Waals surface area contributed by atoms with Crippen LogP contribution in [0.5, 0.6) is 5.75 Å². The number of hydrogen-bond acceptors (Lipinski definition) is 3. The third-order valence-corrected chi connectivity index (χ3v) is 3.60. The van der Waals surface area contributed by atoms with E-state index in [2.05, 4.69) is 4.90 Å². The number of phenols is 1. The van der Waals surface area contributed by atoms with Crippen LogP contribution >= 0.6 is 0 Å². The zero-order chi connectivity index (χ0) is 12.1. The Bertz CT molecular complexity index is 346. The fraction of sp³-hybridized carbons (Fsp3) is 0.571. The van der Waals surface area contributed by atoms with Crippen LogP contribution in [0.3, 0.4) is 0 Å². The van der Waals surface area contributed by atoms with E-state index in [1.165, 1.54) is 25.7 Å². The van der Waals surface area contributed by atoms with Gasteiger partial charge in [0.25, 0.3) is 0 Å². The van der Waals surface area contributed by atoms with Crippen molar-refractivity contribution < 1.29 is 5.11 Å². The first-order chi connectivity index (χ1) is 8.33. The van der Waals surface area contributed by atoms with Crippen molar-refractivity contribution in [1.29, 1.82) is 0 Å². The van der Waals surface area contributed by atoms with Gasteiger partial charge in [-0.3, -0.25) is 4.90 Å². The lowest BCUT2D eigenvalue weighted by Crippen LogP contribution is -2.34. The molecule has 2 rings (SSSR count). The summed E-state index contributed by atoms with van der Waals surface area (Å²) in [4.78, 5) is 2.42. The van der Waals surface area contributed by atoms with Crippen molar-refractivity contribution in [3.63, 3.8) is 0 Å². The van der Waals surface area contributed by atoms with Crippen LogP contribution in [-0.4, -0.2) is 29.6 Å². The number of aromatic hydroxyl groups is 1. The van der Waals surface area contributed by atoms with Crippen LogP contribution in [0.15, 0.2) is 24.3 Å². The van der Waals surface area contributed by atoms with Crippen LogP contribution in [0, 0.1) is 0 Å². The maximum absolute atomic E-state index is 9.93. The predicted molar refractivity (Wildman–Crippen MR) is 69.9 cm³/mol. The molecular weight excluding hydrogens is 212 g/mol. The molecule has 3 N–H and O–H groups in total. The molecule has 1 aromatic rings. The molecule has 1 unspecified atom stereocenters. The third-order valence-electron chi connectivity index (χ3n) is 3.60. The summed E-state index contributed by atoms with van der Waals surface area (Å²) in [6.07, 6.45) is 5.11. The van der Waals surface area contributed by atoms with Crippen molar-refractivity contribution in [2.24, 2.45) is 5.73 Å². The molecule has 1 saturated heterocycles. The van der Waals surface area contributed by atoms with E-state index in [0.717, 1.165) is 18.7 Å². The van der Waals surface area contributed by atoms with Crippen molar-refractivity contribution in [3.8, 4) is 5.75 Å². The Morgan fingerprint density at radius 1 is 1.12 bits per heavy atom. The zero-order valence-electron chi connectivity index (χ0n) is 10.3. The van der Waals surface area contributed by atoms with Gasteiger partial charge in [0.15, 0.2) is 0 Å². The highest BCUT2D eigenvalue weighted by atomic mass is 16.3. The molecule has 0 bridgehead atoms. The molecule has 0 amide bonds. The lowest BCUT2D eigenvalue weighted by atomic mass is 10.0. The number of benzene rings is 1. The maximum Gasteiger partial charge on any atom is 0.120 e. The van der Waals surface area contributed by atoms with Crippen molar-refractivity contribution in [3.05, 3.63) is 29.8 Å². The van der Waals surface area contributed by atoms with Gasteiger partial charge in [0.2, 0.25) is 0 Å². The van der Waals surface area contributed by atoms with Gasteiger partial charge in [0.05, 0.1) is 6.04 Å². The van der Waals surface area contributed by atoms with E-state index in [1.54, 1.807) is 6.07 Å². The number of nitrogens with two attached hydrogens (primary N) is 1. The molecule has 0 saturated carbocycles. The highest BCUT2D eigenvalue weighted by Crippen LogP contribution is 2.29. The quantitative estimate of drug-likeness (QED) is 0.843. The summed E-state index contributed by atoms with van der Waals surface area (Å²) in [6, 6.07) is 7.71. The van der Waals surface area contributed by atoms with E-state index in [0.29, 0.717) is 12.3 Å². The first-order valence-electron chi connectivity index (χ1n) is 6.55. The van der Waals surface area contributed by atoms with E-state index >= 15 is 0 Å². The summed E-state index contributed by atoms with van der Waals surface area (Å²) < 4.78 is 0. The van der Waals surface area contributed by atoms with Gasteiger partial charge in [-0.1, -0.05) is 31.0 Å². The minimum Gasteiger partial charge on any atom is -0.508 e. The summed E-state index contributed by atoms with van der Waals surface area (Å²) >= 11 is 0. The van der Waals surface area contributed by atoms with Gasteiger partial charge < -0.3 is 10.8 Å². The highest BCUT2D eigenvalue weighted by Gasteiger charge is 2.22. The van der Waals surface area contributed by atoms with Crippen LogP contribution in [0.4, 0.5) is 0 Å². The average molecular weight is 234 g/mol. The normalized spacial score (nSPS) is 19.8. The van der Waals surface area contributed by atoms with Crippen molar-refractivity contribution in [2.45, 2.75) is 31.7 Å². The van der Waals surface area contributed by atoms with Gasteiger partial charge in [-0.05, 0) is 32.0 Å². The number of rotatable bonds is 3. The van der Waals surface area contributed by atoms with Crippen molar-refractivity contribution >= 4 is 0 Å². The van der Waals surface area contributed by atoms with Gasteiger partial charge in [-0.15, -0.1) is 0 Å². The van der Waals surface area contributed by atoms with E-state index in [-0.39, 0.29) is 6.04 Å². The number of likely N-dealkylation sites (tertiary alicyclic amines) is 1. The molecule has 1 heterocycles. The van der Waals surface area contributed by atoms with Gasteiger partial charge in [0, 0.05) is 12.1 Å². The fourth-order valence-corrected chi connectivity index (χ4v) is 2.65. The average Bonchev–Trinajstić information content (AvgIpc) is 2.62. The molecule has 94 valence electrons. The predicted octanol–water partition coefficient (Wildman–Crippen LogP) is 2.27. The second-order valence-electron chi connectivity index (χ2n) is 4.76. The van der Waals surface area contributed by atoms with Gasteiger partial charge in [-0.2, -0.15) is 0 Å². The smallest absolute Gasteiger partial charge is 0.120 e. The lowest BCUT2D eigenvalue weighted by molar-refractivity contribution is 0.206. The Hall–Kier alpha value is -1.06. The molecule has 1 aromatic carbocycles. The minimum atomic E-state index is 0.161. The molecule has 17 heavy (non-hydrogen) atoms. The van der Waals surface area contributed by atoms with Gasteiger partial charge in [-0.25, -0.2) is 0 Å². The lowest BCUT2D eigenvalue weighted by Gasteiger charge is -2.30. The van der Waals surface area contributed by atoms with E-state index in [9.17, 15) is 5.11 Å². The summed E-state index contributed by atoms with van der Waals surface area (Å²) in [5, 5.41) is 9.93. The first-order valence-corrected chi connectivity index (χ1v) is 6.55. The van der Waals surface area contributed by atoms with Crippen LogP contribution in [0.2, 0.25) is 0 Å². The Morgan fingerprint density at radius 3 is 2.35 bits per heavy atom. The summed E-state index contributed by atoms with van der Waals surface area (Å²) in [5.41, 5.74) is 6.87. The highest BCUT2D eigenvalue weighted by molar-refractivity contribution is 5.34. The van der Waals surface area contributed by atoms with Gasteiger partial charge >= 0.3 is 0 Å². The summed E-state index contributed by atoms with van der Waals surface area (Å²) in [5.74, 6) is 0.368. The second-order valence-corrected chi connectivity index (χ2v) is 4.76. The Morgan fingerprint density at radius 2 is 1.76 bits per heavy atom. The molecule has 1 aliphatic rings. The molecule has 0 aliphatic carbocycles.